The second-order valence-electron chi connectivity index (χ2n) is 33.2. The van der Waals surface area contributed by atoms with Crippen molar-refractivity contribution in [3.63, 3.8) is 0 Å². The standard InChI is InChI=1S/C87H115N21O25S3.Lu/c1-9-64(82(122)88-18-10-24-107-45-63(77(119)61-15-13-59(39-70(61)107)41-97-87-92-22-23-93-87)81(121)95-43-67(85(125)126)102-136(132,133)79-55(6)36-52(3)37-56(79)7)98-71(110)17-16-65(99-72(111)46-103-26-28-104(47-73(112)113)30-32-106(49-75(116)117)33-31-105(29-27-103)48-74(114)115)84(124)100-68(50-134(127,128)129)83(123)89-19-11-25-108-44-62(76(118)60-14-12-58(38-69(60)108)40-96-86-90-20-21-91-86)80(120)94-42-66(57(8)109)101-135(130,131)78-53(4)34-51(2)35-54(78)5;/h12-15,20-23,34-39,44-45,64-68,101-102H,9-11,16-19,24-33,40-43,46-50H2,1-8H3,(H,88,122)(H,89,123)(H,94,120)(H,95,121)(H,98,110)(H,99,111)(H,100,124)(H,112,113)(H,114,115)(H,116,117)(H,125,126)(H2,90,91,96)(H2,92,93,97)(H,127,128,129);/t64-,65-,66?,67?,68-;/m0./s1. The van der Waals surface area contributed by atoms with E-state index in [1.54, 1.807) is 114 Å². The summed E-state index contributed by atoms with van der Waals surface area (Å²) >= 11 is 0. The maximum absolute atomic E-state index is 14.9. The van der Waals surface area contributed by atoms with E-state index < -0.39 is 211 Å². The number of aromatic nitrogens is 6. The number of nitrogens with zero attached hydrogens (tertiary/aromatic N) is 8. The summed E-state index contributed by atoms with van der Waals surface area (Å²) in [6.07, 6.45) is 7.23. The minimum atomic E-state index is -5.21. The van der Waals surface area contributed by atoms with Gasteiger partial charge in [0.25, 0.3) is 21.9 Å². The van der Waals surface area contributed by atoms with Crippen LogP contribution in [-0.4, -0.2) is 311 Å². The first-order chi connectivity index (χ1) is 64.2. The maximum atomic E-state index is 14.9. The quantitative estimate of drug-likeness (QED) is 0.0167. The van der Waals surface area contributed by atoms with E-state index >= 15 is 0 Å². The molecule has 5 atom stereocenters. The van der Waals surface area contributed by atoms with Gasteiger partial charge in [0.1, 0.15) is 46.8 Å². The van der Waals surface area contributed by atoms with Crippen LogP contribution < -0.4 is 68.2 Å². The minimum Gasteiger partial charge on any atom is -0.480 e. The number of benzene rings is 4. The number of aryl methyl sites for hydroxylation is 8. The van der Waals surface area contributed by atoms with Crippen molar-refractivity contribution in [2.45, 2.75) is 154 Å². The predicted octanol–water partition coefficient (Wildman–Crippen LogP) is -0.615. The number of pyridine rings is 2. The molecular weight excluding hydrogens is 2010 g/mol. The zero-order chi connectivity index (χ0) is 99.6. The summed E-state index contributed by atoms with van der Waals surface area (Å²) in [5.41, 5.74) is 2.41. The van der Waals surface area contributed by atoms with Crippen LogP contribution in [0.15, 0.2) is 117 Å². The molecule has 0 spiro atoms. The van der Waals surface area contributed by atoms with Gasteiger partial charge in [0, 0.05) is 196 Å². The van der Waals surface area contributed by atoms with Crippen LogP contribution in [0, 0.1) is 78.4 Å². The number of carboxylic acid groups (broad SMARTS) is 4. The van der Waals surface area contributed by atoms with Crippen molar-refractivity contribution in [1.29, 1.82) is 0 Å². The van der Waals surface area contributed by atoms with Crippen LogP contribution in [0.4, 0.5) is 11.9 Å². The number of hydrogen-bond acceptors (Lipinski definition) is 28. The Kier molecular flexibility index (Phi) is 40.9. The molecule has 0 saturated carbocycles. The zero-order valence-corrected chi connectivity index (χ0v) is 80.6. The molecule has 137 heavy (non-hydrogen) atoms. The molecule has 2 unspecified atom stereocenters. The Bertz CT molecular complexity index is 6170. The largest absolute Gasteiger partial charge is 0.480 e. The van der Waals surface area contributed by atoms with E-state index in [0.29, 0.717) is 50.8 Å². The monoisotopic (exact) mass is 2120 g/mol. The van der Waals surface area contributed by atoms with Crippen molar-refractivity contribution in [2.75, 3.05) is 121 Å². The number of imidazole rings is 2. The molecule has 1 saturated heterocycles. The number of nitrogens with one attached hydrogen (secondary N) is 13. The van der Waals surface area contributed by atoms with Crippen molar-refractivity contribution >= 4 is 135 Å². The van der Waals surface area contributed by atoms with Gasteiger partial charge >= 0.3 is 23.9 Å². The normalized spacial score (nSPS) is 14.5. The first-order valence-electron chi connectivity index (χ1n) is 43.5. The van der Waals surface area contributed by atoms with Crippen LogP contribution in [0.2, 0.25) is 0 Å². The third-order valence-corrected chi connectivity index (χ3v) is 26.6. The van der Waals surface area contributed by atoms with Crippen molar-refractivity contribution in [3.8, 4) is 0 Å². The number of Topliss-reactive ketones (excluding diaryl/α,β-unsaturated/α-hetero) is 1. The molecule has 46 nitrogen and oxygen atoms in total. The summed E-state index contributed by atoms with van der Waals surface area (Å²) in [5, 5.41) is 63.5. The Morgan fingerprint density at radius 2 is 0.861 bits per heavy atom. The number of aromatic amines is 2. The van der Waals surface area contributed by atoms with E-state index in [9.17, 15) is 117 Å². The molecule has 7 amide bonds. The molecule has 751 valence electrons. The van der Waals surface area contributed by atoms with E-state index in [1.807, 2.05) is 0 Å². The third kappa shape index (κ3) is 33.1. The van der Waals surface area contributed by atoms with Gasteiger partial charge in [-0.3, -0.25) is 91.3 Å². The molecular formula is C87H115LuN21O25S3. The Hall–Kier alpha value is -12.0. The van der Waals surface area contributed by atoms with Gasteiger partial charge in [0.2, 0.25) is 60.4 Å². The van der Waals surface area contributed by atoms with Gasteiger partial charge in [-0.05, 0) is 132 Å². The Balaban J connectivity index is 0.0000230. The summed E-state index contributed by atoms with van der Waals surface area (Å²) in [4.78, 5) is 211. The number of amides is 7. The van der Waals surface area contributed by atoms with Gasteiger partial charge in [0.15, 0.2) is 11.9 Å². The first-order valence-corrected chi connectivity index (χ1v) is 48.1. The summed E-state index contributed by atoms with van der Waals surface area (Å²) in [7, 11) is -14.1. The average Bonchev–Trinajstić information content (AvgIpc) is 0.874. The van der Waals surface area contributed by atoms with Gasteiger partial charge < -0.3 is 87.4 Å². The number of H-pyrrole nitrogens is 2. The van der Waals surface area contributed by atoms with E-state index in [0.717, 1.165) is 18.1 Å². The fraction of sp³-hybridized carbons (Fsp3) is 0.448. The number of carbonyl (C=O) groups excluding carboxylic acids is 8. The predicted molar refractivity (Wildman–Crippen MR) is 496 cm³/mol. The number of anilines is 2. The van der Waals surface area contributed by atoms with Gasteiger partial charge in [-0.25, -0.2) is 26.8 Å². The van der Waals surface area contributed by atoms with Crippen LogP contribution in [0.1, 0.15) is 111 Å². The fourth-order valence-corrected chi connectivity index (χ4v) is 19.8. The molecule has 4 aromatic heterocycles. The Morgan fingerprint density at radius 1 is 0.474 bits per heavy atom. The molecule has 1 radical (unpaired) electrons. The van der Waals surface area contributed by atoms with Gasteiger partial charge in [-0.15, -0.1) is 0 Å². The van der Waals surface area contributed by atoms with Gasteiger partial charge in [0.05, 0.1) is 53.0 Å². The molecule has 9 rings (SSSR count). The number of aliphatic carboxylic acids is 4. The topological polar surface area (TPSA) is 655 Å². The van der Waals surface area contributed by atoms with Crippen molar-refractivity contribution in [2.24, 2.45) is 0 Å². The maximum Gasteiger partial charge on any atom is 0.323 e. The van der Waals surface area contributed by atoms with E-state index in [1.165, 1.54) is 61.1 Å². The van der Waals surface area contributed by atoms with E-state index in [4.69, 9.17) is 0 Å². The summed E-state index contributed by atoms with van der Waals surface area (Å²) < 4.78 is 98.6. The number of fused-ring (bicyclic) bond motifs is 2. The molecule has 1 aliphatic heterocycles. The smallest absolute Gasteiger partial charge is 0.323 e. The number of sulfonamides is 2. The van der Waals surface area contributed by atoms with Crippen LogP contribution in [0.5, 0.6) is 0 Å². The molecule has 50 heteroatoms. The minimum absolute atomic E-state index is 0. The molecule has 0 aliphatic carbocycles. The molecule has 5 heterocycles. The van der Waals surface area contributed by atoms with Crippen LogP contribution in [0.25, 0.3) is 21.8 Å². The van der Waals surface area contributed by atoms with Crippen LogP contribution >= 0.6 is 0 Å². The van der Waals surface area contributed by atoms with Crippen LogP contribution in [-0.2, 0) is 104 Å². The molecule has 0 bridgehead atoms. The molecule has 4 aromatic carbocycles. The summed E-state index contributed by atoms with van der Waals surface area (Å²) in [6, 6.07) is 7.24. The van der Waals surface area contributed by atoms with E-state index in [2.05, 4.69) is 77.2 Å². The SMILES string of the molecule is CC[C@H](NC(=O)CC[C@H](NC(=O)CN1CCN(CC(=O)O)CCN(CC(=O)O)CCN(CC(=O)O)CC1)C(=O)N[C@@H](CS(=O)(=O)O)C(=O)NCCCn1cc(C(=O)NCC(NS(=O)(=O)c2c(C)cc(C)cc2C)C(C)=O)c(=O)c2ccc(CNc3ncc[nH]3)cc21)C(=O)NCCCn1cc(C(=O)NCC(NS(=O)(=O)c2c(C)cc(C)cc2C)C(=O)O)c(=O)c2ccc(CNc3ncc[nH]3)cc21.[Lu]. The van der Waals surface area contributed by atoms with Crippen molar-refractivity contribution < 1.29 is 145 Å². The fourth-order valence-electron chi connectivity index (χ4n) is 15.8. The number of rotatable bonds is 48. The molecule has 18 N–H and O–H groups in total. The average molecular weight is 2130 g/mol. The molecule has 8 aromatic rings. The second-order valence-corrected chi connectivity index (χ2v) is 38.0. The Morgan fingerprint density at radius 3 is 1.23 bits per heavy atom. The Labute approximate surface area is 817 Å². The number of ketones is 1. The molecule has 1 aliphatic rings. The van der Waals surface area contributed by atoms with E-state index in [-0.39, 0.29) is 174 Å². The zero-order valence-electron chi connectivity index (χ0n) is 76.5. The second kappa shape index (κ2) is 50.9. The van der Waals surface area contributed by atoms with Crippen molar-refractivity contribution in [3.05, 3.63) is 174 Å². The third-order valence-electron chi connectivity index (χ3n) is 22.3. The number of carboxylic acids is 4. The number of carbonyl (C=O) groups is 12. The summed E-state index contributed by atoms with van der Waals surface area (Å²) in [5.74, 6) is -13.8. The van der Waals surface area contributed by atoms with Gasteiger partial charge in [-0.2, -0.15) is 17.9 Å². The summed E-state index contributed by atoms with van der Waals surface area (Å²) in [6.45, 7) is 8.45. The number of hydrogen-bond donors (Lipinski definition) is 18. The van der Waals surface area contributed by atoms with Crippen LogP contribution in [0.3, 0.4) is 0 Å². The molecule has 1 fully saturated rings. The van der Waals surface area contributed by atoms with Gasteiger partial charge in [-0.1, -0.05) is 54.4 Å². The first kappa shape index (κ1) is 110. The van der Waals surface area contributed by atoms with Crippen molar-refractivity contribution in [1.82, 2.24) is 95.3 Å².